The molecular formula is C58H40N2. The minimum Gasteiger partial charge on any atom is -0.310 e. The topological polar surface area (TPSA) is 6.48 Å². The molecule has 0 N–H and O–H groups in total. The molecule has 0 saturated heterocycles. The predicted molar refractivity (Wildman–Crippen MR) is 257 cm³/mol. The molecule has 0 spiro atoms. The van der Waals surface area contributed by atoms with Crippen LogP contribution in [0.5, 0.6) is 0 Å². The molecule has 0 bridgehead atoms. The van der Waals surface area contributed by atoms with Crippen molar-refractivity contribution >= 4 is 77.2 Å². The fraction of sp³-hybridized carbons (Fsp3) is 0. The zero-order valence-corrected chi connectivity index (χ0v) is 33.0. The van der Waals surface area contributed by atoms with E-state index in [9.17, 15) is 0 Å². The summed E-state index contributed by atoms with van der Waals surface area (Å²) >= 11 is 0. The minimum absolute atomic E-state index is 1.12. The summed E-state index contributed by atoms with van der Waals surface area (Å²) < 4.78 is 0. The van der Waals surface area contributed by atoms with Crippen LogP contribution in [0, 0.1) is 0 Å². The van der Waals surface area contributed by atoms with Gasteiger partial charge in [0.1, 0.15) is 0 Å². The third-order valence-corrected chi connectivity index (χ3v) is 11.8. The molecule has 0 fully saturated rings. The molecule has 11 aromatic rings. The molecule has 60 heavy (non-hydrogen) atoms. The lowest BCUT2D eigenvalue weighted by Crippen LogP contribution is -2.10. The van der Waals surface area contributed by atoms with Crippen molar-refractivity contribution in [3.8, 4) is 22.3 Å². The first kappa shape index (κ1) is 35.2. The van der Waals surface area contributed by atoms with Gasteiger partial charge in [-0.15, -0.1) is 0 Å². The van der Waals surface area contributed by atoms with Gasteiger partial charge in [0, 0.05) is 33.5 Å². The second kappa shape index (κ2) is 15.1. The maximum absolute atomic E-state index is 2.37. The number of hydrogen-bond donors (Lipinski definition) is 0. The van der Waals surface area contributed by atoms with E-state index in [0.29, 0.717) is 0 Å². The highest BCUT2D eigenvalue weighted by Crippen LogP contribution is 2.50. The second-order valence-electron chi connectivity index (χ2n) is 15.2. The quantitative estimate of drug-likeness (QED) is 0.142. The molecule has 282 valence electrons. The normalized spacial score (nSPS) is 11.3. The smallest absolute Gasteiger partial charge is 0.0540 e. The Morgan fingerprint density at radius 1 is 0.183 bits per heavy atom. The van der Waals surface area contributed by atoms with Crippen molar-refractivity contribution in [2.24, 2.45) is 0 Å². The number of nitrogens with zero attached hydrogens (tertiary/aromatic N) is 2. The first-order valence-corrected chi connectivity index (χ1v) is 20.6. The van der Waals surface area contributed by atoms with Gasteiger partial charge < -0.3 is 9.80 Å². The Kier molecular flexibility index (Phi) is 8.87. The van der Waals surface area contributed by atoms with E-state index in [1.807, 2.05) is 0 Å². The largest absolute Gasteiger partial charge is 0.310 e. The molecule has 2 nitrogen and oxygen atoms in total. The molecule has 0 aromatic heterocycles. The Morgan fingerprint density at radius 3 is 0.700 bits per heavy atom. The summed E-state index contributed by atoms with van der Waals surface area (Å²) in [7, 11) is 0. The van der Waals surface area contributed by atoms with Gasteiger partial charge in [0.05, 0.1) is 11.4 Å². The molecule has 0 saturated carbocycles. The van der Waals surface area contributed by atoms with Crippen molar-refractivity contribution in [1.29, 1.82) is 0 Å². The highest BCUT2D eigenvalue weighted by Gasteiger charge is 2.23. The average Bonchev–Trinajstić information content (AvgIpc) is 3.33. The Balaban J connectivity index is 1.16. The molecule has 0 aliphatic heterocycles. The molecule has 0 radical (unpaired) electrons. The van der Waals surface area contributed by atoms with Crippen LogP contribution in [0.1, 0.15) is 0 Å². The van der Waals surface area contributed by atoms with Crippen LogP contribution in [0.2, 0.25) is 0 Å². The lowest BCUT2D eigenvalue weighted by molar-refractivity contribution is 1.30. The summed E-state index contributed by atoms with van der Waals surface area (Å²) in [6.45, 7) is 0. The number of hydrogen-bond acceptors (Lipinski definition) is 2. The molecule has 11 aromatic carbocycles. The van der Waals surface area contributed by atoms with Gasteiger partial charge in [-0.3, -0.25) is 0 Å². The van der Waals surface area contributed by atoms with Crippen molar-refractivity contribution in [3.63, 3.8) is 0 Å². The third-order valence-electron chi connectivity index (χ3n) is 11.8. The second-order valence-corrected chi connectivity index (χ2v) is 15.2. The Bertz CT molecular complexity index is 2950. The van der Waals surface area contributed by atoms with Crippen LogP contribution in [0.3, 0.4) is 0 Å². The lowest BCUT2D eigenvalue weighted by atomic mass is 9.83. The SMILES string of the molecule is c1ccc(N(c2ccccc2)c2ccc(-c3c4ccccc4c(-c4ccc(N(c5ccccc5)c5ccccc5)c5ccccc45)c4ccccc34)c3ccccc23)cc1. The third kappa shape index (κ3) is 5.97. The molecule has 0 aliphatic rings. The summed E-state index contributed by atoms with van der Waals surface area (Å²) in [5, 5.41) is 9.75. The average molecular weight is 765 g/mol. The fourth-order valence-corrected chi connectivity index (χ4v) is 9.26. The summed E-state index contributed by atoms with van der Waals surface area (Å²) in [6, 6.07) is 87.8. The number of benzene rings is 11. The van der Waals surface area contributed by atoms with E-state index in [1.165, 1.54) is 65.3 Å². The van der Waals surface area contributed by atoms with Crippen molar-refractivity contribution in [3.05, 3.63) is 243 Å². The van der Waals surface area contributed by atoms with Crippen molar-refractivity contribution in [2.75, 3.05) is 9.80 Å². The van der Waals surface area contributed by atoms with E-state index in [2.05, 4.69) is 252 Å². The monoisotopic (exact) mass is 764 g/mol. The van der Waals surface area contributed by atoms with Gasteiger partial charge in [-0.1, -0.05) is 182 Å². The Hall–Kier alpha value is -7.94. The summed E-state index contributed by atoms with van der Waals surface area (Å²) in [5.74, 6) is 0. The molecule has 0 atom stereocenters. The minimum atomic E-state index is 1.12. The van der Waals surface area contributed by atoms with E-state index in [0.717, 1.165) is 34.1 Å². The maximum atomic E-state index is 2.37. The lowest BCUT2D eigenvalue weighted by Gasteiger charge is -2.28. The van der Waals surface area contributed by atoms with E-state index >= 15 is 0 Å². The molecule has 0 heterocycles. The number of rotatable bonds is 8. The summed E-state index contributed by atoms with van der Waals surface area (Å²) in [4.78, 5) is 4.74. The molecule has 0 unspecified atom stereocenters. The number of para-hydroxylation sites is 4. The number of fused-ring (bicyclic) bond motifs is 4. The Morgan fingerprint density at radius 2 is 0.417 bits per heavy atom. The highest BCUT2D eigenvalue weighted by atomic mass is 15.1. The van der Waals surface area contributed by atoms with Crippen LogP contribution in [0.25, 0.3) is 65.3 Å². The zero-order chi connectivity index (χ0) is 39.8. The van der Waals surface area contributed by atoms with E-state index < -0.39 is 0 Å². The van der Waals surface area contributed by atoms with Crippen molar-refractivity contribution < 1.29 is 0 Å². The van der Waals surface area contributed by atoms with Gasteiger partial charge in [0.2, 0.25) is 0 Å². The predicted octanol–water partition coefficient (Wildman–Crippen LogP) is 16.6. The summed E-state index contributed by atoms with van der Waals surface area (Å²) in [6.07, 6.45) is 0. The fourth-order valence-electron chi connectivity index (χ4n) is 9.26. The van der Waals surface area contributed by atoms with Crippen LogP contribution in [-0.4, -0.2) is 0 Å². The van der Waals surface area contributed by atoms with Crippen LogP contribution in [-0.2, 0) is 0 Å². The first-order chi connectivity index (χ1) is 29.8. The molecule has 0 aliphatic carbocycles. The maximum Gasteiger partial charge on any atom is 0.0540 e. The Labute approximate surface area is 350 Å². The molecular weight excluding hydrogens is 725 g/mol. The van der Waals surface area contributed by atoms with Gasteiger partial charge in [-0.2, -0.15) is 0 Å². The first-order valence-electron chi connectivity index (χ1n) is 20.6. The van der Waals surface area contributed by atoms with Gasteiger partial charge in [0.15, 0.2) is 0 Å². The molecule has 0 amide bonds. The standard InChI is InChI=1S/C58H40N2/c1-5-21-41(22-6-1)59(42-23-7-2-8-24-42)55-39-37-53(45-29-13-15-31-47(45)55)57-49-33-17-19-35-51(49)58(52-36-20-18-34-50(52)57)54-38-40-56(48-32-16-14-30-46(48)54)60(43-25-9-3-10-26-43)44-27-11-4-12-28-44/h1-40H. The van der Waals surface area contributed by atoms with E-state index in [4.69, 9.17) is 0 Å². The van der Waals surface area contributed by atoms with Crippen molar-refractivity contribution in [1.82, 2.24) is 0 Å². The highest BCUT2D eigenvalue weighted by molar-refractivity contribution is 6.26. The van der Waals surface area contributed by atoms with Crippen LogP contribution in [0.4, 0.5) is 34.1 Å². The van der Waals surface area contributed by atoms with Gasteiger partial charge in [-0.25, -0.2) is 0 Å². The van der Waals surface area contributed by atoms with E-state index in [1.54, 1.807) is 0 Å². The van der Waals surface area contributed by atoms with Gasteiger partial charge >= 0.3 is 0 Å². The van der Waals surface area contributed by atoms with Crippen LogP contribution < -0.4 is 9.80 Å². The molecule has 2 heteroatoms. The van der Waals surface area contributed by atoms with Gasteiger partial charge in [0.25, 0.3) is 0 Å². The van der Waals surface area contributed by atoms with Crippen LogP contribution in [0.15, 0.2) is 243 Å². The van der Waals surface area contributed by atoms with Crippen molar-refractivity contribution in [2.45, 2.75) is 0 Å². The van der Waals surface area contributed by atoms with Crippen LogP contribution >= 0.6 is 0 Å². The van der Waals surface area contributed by atoms with Gasteiger partial charge in [-0.05, 0) is 115 Å². The molecule has 11 rings (SSSR count). The zero-order valence-electron chi connectivity index (χ0n) is 33.0. The number of anilines is 6. The summed E-state index contributed by atoms with van der Waals surface area (Å²) in [5.41, 5.74) is 11.7. The van der Waals surface area contributed by atoms with E-state index in [-0.39, 0.29) is 0 Å².